The highest BCUT2D eigenvalue weighted by Gasteiger charge is 2.22. The van der Waals surface area contributed by atoms with Gasteiger partial charge in [0.05, 0.1) is 13.2 Å². The second-order valence-corrected chi connectivity index (χ2v) is 7.97. The van der Waals surface area contributed by atoms with Gasteiger partial charge in [0.25, 0.3) is 0 Å². The minimum Gasteiger partial charge on any atom is -0.461 e. The van der Waals surface area contributed by atoms with E-state index < -0.39 is 5.97 Å². The number of thiazole rings is 1. The van der Waals surface area contributed by atoms with Crippen LogP contribution in [-0.4, -0.2) is 73.9 Å². The van der Waals surface area contributed by atoms with Crippen LogP contribution in [0.4, 0.5) is 10.8 Å². The molecule has 1 aromatic heterocycles. The number of aromatic nitrogens is 1. The molecule has 1 saturated heterocycles. The van der Waals surface area contributed by atoms with Crippen molar-refractivity contribution in [2.24, 2.45) is 5.16 Å². The molecule has 0 atom stereocenters. The number of hydrogen-bond acceptors (Lipinski definition) is 9. The quantitative estimate of drug-likeness (QED) is 0.363. The zero-order valence-corrected chi connectivity index (χ0v) is 18.9. The molecule has 11 heteroatoms. The molecule has 0 aliphatic carbocycles. The first kappa shape index (κ1) is 23.0. The fraction of sp³-hybridized carbons (Fsp3) is 0.400. The van der Waals surface area contributed by atoms with E-state index in [4.69, 9.17) is 21.2 Å². The number of ether oxygens (including phenoxy) is 1. The van der Waals surface area contributed by atoms with Crippen LogP contribution in [0.25, 0.3) is 0 Å². The number of nitrogens with one attached hydrogen (secondary N) is 1. The summed E-state index contributed by atoms with van der Waals surface area (Å²) in [6, 6.07) is 7.77. The summed E-state index contributed by atoms with van der Waals surface area (Å²) in [5.74, 6) is -0.802. The second kappa shape index (κ2) is 11.1. The van der Waals surface area contributed by atoms with Crippen molar-refractivity contribution in [1.82, 2.24) is 9.88 Å². The Hall–Kier alpha value is -2.69. The van der Waals surface area contributed by atoms with Gasteiger partial charge >= 0.3 is 5.97 Å². The van der Waals surface area contributed by atoms with E-state index in [1.807, 2.05) is 24.3 Å². The van der Waals surface area contributed by atoms with Crippen molar-refractivity contribution in [2.75, 3.05) is 56.7 Å². The lowest BCUT2D eigenvalue weighted by molar-refractivity contribution is -0.135. The van der Waals surface area contributed by atoms with E-state index in [0.717, 1.165) is 31.9 Å². The number of benzene rings is 1. The van der Waals surface area contributed by atoms with Crippen molar-refractivity contribution < 1.29 is 19.2 Å². The van der Waals surface area contributed by atoms with Crippen LogP contribution >= 0.6 is 22.9 Å². The van der Waals surface area contributed by atoms with Gasteiger partial charge in [-0.15, -0.1) is 11.3 Å². The Labute approximate surface area is 189 Å². The minimum absolute atomic E-state index is 0.0433. The number of carbonyl (C=O) groups is 2. The smallest absolute Gasteiger partial charge is 0.362 e. The maximum atomic E-state index is 12.5. The fourth-order valence-corrected chi connectivity index (χ4v) is 4.01. The second-order valence-electron chi connectivity index (χ2n) is 6.67. The Balaban J connectivity index is 1.51. The van der Waals surface area contributed by atoms with Gasteiger partial charge in [0.1, 0.15) is 12.8 Å². The first-order valence-electron chi connectivity index (χ1n) is 9.77. The third-order valence-electron chi connectivity index (χ3n) is 4.56. The summed E-state index contributed by atoms with van der Waals surface area (Å²) in [4.78, 5) is 37.8. The summed E-state index contributed by atoms with van der Waals surface area (Å²) < 4.78 is 4.96. The molecule has 1 aliphatic heterocycles. The molecule has 2 aromatic rings. The van der Waals surface area contributed by atoms with E-state index in [0.29, 0.717) is 10.2 Å². The summed E-state index contributed by atoms with van der Waals surface area (Å²) in [5, 5.41) is 9.18. The Bertz CT molecular complexity index is 943. The van der Waals surface area contributed by atoms with E-state index in [1.54, 1.807) is 12.3 Å². The normalized spacial score (nSPS) is 14.9. The molecule has 1 aromatic carbocycles. The predicted molar refractivity (Wildman–Crippen MR) is 121 cm³/mol. The van der Waals surface area contributed by atoms with Gasteiger partial charge < -0.3 is 19.8 Å². The van der Waals surface area contributed by atoms with Crippen LogP contribution < -0.4 is 10.2 Å². The van der Waals surface area contributed by atoms with Gasteiger partial charge in [-0.3, -0.25) is 9.69 Å². The molecule has 1 amide bonds. The van der Waals surface area contributed by atoms with Crippen molar-refractivity contribution >= 4 is 51.3 Å². The van der Waals surface area contributed by atoms with Crippen molar-refractivity contribution in [3.8, 4) is 0 Å². The molecule has 0 unspecified atom stereocenters. The standard InChI is InChI=1S/C20H24ClN5O4S/c1-3-30-19(28)18(24-29-2)16-13-31-20(22-16)23-17(27)12-25-7-9-26(10-8-25)15-6-4-5-14(21)11-15/h4-6,11,13H,3,7-10,12H2,1-2H3,(H,22,23,27)/b24-18-. The van der Waals surface area contributed by atoms with Crippen molar-refractivity contribution in [1.29, 1.82) is 0 Å². The summed E-state index contributed by atoms with van der Waals surface area (Å²) in [6.07, 6.45) is 0. The summed E-state index contributed by atoms with van der Waals surface area (Å²) in [6.45, 7) is 5.31. The molecule has 0 radical (unpaired) electrons. The highest BCUT2D eigenvalue weighted by atomic mass is 35.5. The van der Waals surface area contributed by atoms with Crippen LogP contribution in [-0.2, 0) is 19.2 Å². The zero-order valence-electron chi connectivity index (χ0n) is 17.3. The fourth-order valence-electron chi connectivity index (χ4n) is 3.12. The number of piperazine rings is 1. The topological polar surface area (TPSA) is 96.4 Å². The van der Waals surface area contributed by atoms with Gasteiger partial charge in [0.2, 0.25) is 11.6 Å². The van der Waals surface area contributed by atoms with Gasteiger partial charge in [0.15, 0.2) is 5.13 Å². The number of halogens is 1. The first-order chi connectivity index (χ1) is 15.0. The van der Waals surface area contributed by atoms with Crippen molar-refractivity contribution in [3.63, 3.8) is 0 Å². The van der Waals surface area contributed by atoms with E-state index in [2.05, 4.69) is 25.3 Å². The molecule has 2 heterocycles. The predicted octanol–water partition coefficient (Wildman–Crippen LogP) is 2.47. The zero-order chi connectivity index (χ0) is 22.2. The van der Waals surface area contributed by atoms with E-state index in [9.17, 15) is 9.59 Å². The number of rotatable bonds is 8. The SMILES string of the molecule is CCOC(=O)/C(=N\OC)c1csc(NC(=O)CN2CCN(c3cccc(Cl)c3)CC2)n1. The lowest BCUT2D eigenvalue weighted by atomic mass is 10.2. The minimum atomic E-state index is -0.634. The molecule has 0 spiro atoms. The number of anilines is 2. The van der Waals surface area contributed by atoms with Gasteiger partial charge in [-0.1, -0.05) is 22.8 Å². The molecule has 166 valence electrons. The van der Waals surface area contributed by atoms with Gasteiger partial charge in [0, 0.05) is 42.3 Å². The molecular formula is C20H24ClN5O4S. The lowest BCUT2D eigenvalue weighted by Crippen LogP contribution is -2.48. The van der Waals surface area contributed by atoms with Crippen LogP contribution in [0.15, 0.2) is 34.8 Å². The molecule has 31 heavy (non-hydrogen) atoms. The molecule has 1 aliphatic rings. The van der Waals surface area contributed by atoms with Crippen LogP contribution in [0.2, 0.25) is 5.02 Å². The van der Waals surface area contributed by atoms with E-state index >= 15 is 0 Å². The number of nitrogens with zero attached hydrogens (tertiary/aromatic N) is 4. The molecule has 0 saturated carbocycles. The third-order valence-corrected chi connectivity index (χ3v) is 5.55. The van der Waals surface area contributed by atoms with Crippen molar-refractivity contribution in [2.45, 2.75) is 6.92 Å². The number of amides is 1. The van der Waals surface area contributed by atoms with Crippen LogP contribution in [0.5, 0.6) is 0 Å². The number of esters is 1. The average Bonchev–Trinajstić information content (AvgIpc) is 3.20. The number of oxime groups is 1. The van der Waals surface area contributed by atoms with Crippen LogP contribution in [0, 0.1) is 0 Å². The maximum Gasteiger partial charge on any atom is 0.362 e. The number of carbonyl (C=O) groups excluding carboxylic acids is 2. The average molecular weight is 466 g/mol. The summed E-state index contributed by atoms with van der Waals surface area (Å²) in [5.41, 5.74) is 1.33. The molecule has 0 bridgehead atoms. The highest BCUT2D eigenvalue weighted by molar-refractivity contribution is 7.14. The highest BCUT2D eigenvalue weighted by Crippen LogP contribution is 2.21. The van der Waals surface area contributed by atoms with Gasteiger partial charge in [-0.2, -0.15) is 0 Å². The van der Waals surface area contributed by atoms with Crippen LogP contribution in [0.1, 0.15) is 12.6 Å². The first-order valence-corrected chi connectivity index (χ1v) is 11.0. The molecule has 1 N–H and O–H groups in total. The summed E-state index contributed by atoms with van der Waals surface area (Å²) >= 11 is 7.28. The molecular weight excluding hydrogens is 442 g/mol. The summed E-state index contributed by atoms with van der Waals surface area (Å²) in [7, 11) is 1.33. The van der Waals surface area contributed by atoms with E-state index in [-0.39, 0.29) is 30.5 Å². The Morgan fingerprint density at radius 1 is 1.29 bits per heavy atom. The molecule has 3 rings (SSSR count). The van der Waals surface area contributed by atoms with Crippen molar-refractivity contribution in [3.05, 3.63) is 40.4 Å². The monoisotopic (exact) mass is 465 g/mol. The maximum absolute atomic E-state index is 12.5. The molecule has 9 nitrogen and oxygen atoms in total. The molecule has 1 fully saturated rings. The van der Waals surface area contributed by atoms with Gasteiger partial charge in [-0.25, -0.2) is 9.78 Å². The Morgan fingerprint density at radius 2 is 2.06 bits per heavy atom. The largest absolute Gasteiger partial charge is 0.461 e. The van der Waals surface area contributed by atoms with Crippen LogP contribution in [0.3, 0.4) is 0 Å². The Kier molecular flexibility index (Phi) is 8.21. The Morgan fingerprint density at radius 3 is 2.74 bits per heavy atom. The lowest BCUT2D eigenvalue weighted by Gasteiger charge is -2.35. The van der Waals surface area contributed by atoms with Gasteiger partial charge in [-0.05, 0) is 25.1 Å². The third kappa shape index (κ3) is 6.39. The number of hydrogen-bond donors (Lipinski definition) is 1. The van der Waals surface area contributed by atoms with E-state index in [1.165, 1.54) is 18.4 Å².